The molecule has 1 aliphatic rings. The second-order valence-corrected chi connectivity index (χ2v) is 6.24. The standard InChI is InChI=1S/C10H15ClN4S/c1-10(3-2-4-16-10)5-13-9-7(11)8(12)14-6-15-9/h6H,2-5H2,1H3,(H3,12,13,14,15). The minimum Gasteiger partial charge on any atom is -0.382 e. The SMILES string of the molecule is CC1(CNc2ncnc(N)c2Cl)CCCS1. The van der Waals surface area contributed by atoms with Gasteiger partial charge >= 0.3 is 0 Å². The van der Waals surface area contributed by atoms with Crippen molar-refractivity contribution in [1.29, 1.82) is 0 Å². The van der Waals surface area contributed by atoms with E-state index < -0.39 is 0 Å². The summed E-state index contributed by atoms with van der Waals surface area (Å²) in [5, 5.41) is 3.66. The van der Waals surface area contributed by atoms with Crippen molar-refractivity contribution in [3.8, 4) is 0 Å². The normalized spacial score (nSPS) is 24.6. The third-order valence-corrected chi connectivity index (χ3v) is 4.66. The number of nitrogens with two attached hydrogens (primary N) is 1. The van der Waals surface area contributed by atoms with E-state index >= 15 is 0 Å². The fourth-order valence-electron chi connectivity index (χ4n) is 1.75. The Labute approximate surface area is 104 Å². The monoisotopic (exact) mass is 258 g/mol. The van der Waals surface area contributed by atoms with Crippen LogP contribution in [0.3, 0.4) is 0 Å². The van der Waals surface area contributed by atoms with Crippen LogP contribution in [-0.4, -0.2) is 27.0 Å². The molecule has 0 saturated carbocycles. The zero-order valence-electron chi connectivity index (χ0n) is 9.16. The number of halogens is 1. The molecule has 6 heteroatoms. The lowest BCUT2D eigenvalue weighted by atomic mass is 10.1. The van der Waals surface area contributed by atoms with Crippen molar-refractivity contribution in [2.45, 2.75) is 24.5 Å². The molecule has 0 bridgehead atoms. The molecule has 1 aromatic heterocycles. The molecule has 1 aromatic rings. The lowest BCUT2D eigenvalue weighted by molar-refractivity contribution is 0.633. The minimum atomic E-state index is 0.281. The van der Waals surface area contributed by atoms with Crippen molar-refractivity contribution in [3.05, 3.63) is 11.3 Å². The Morgan fingerprint density at radius 3 is 3.12 bits per heavy atom. The summed E-state index contributed by atoms with van der Waals surface area (Å²) >= 11 is 8.00. The summed E-state index contributed by atoms with van der Waals surface area (Å²) in [7, 11) is 0. The average Bonchev–Trinajstić information content (AvgIpc) is 2.68. The van der Waals surface area contributed by atoms with E-state index in [0.29, 0.717) is 16.7 Å². The Bertz CT molecular complexity index is 379. The second-order valence-electron chi connectivity index (χ2n) is 4.18. The molecule has 2 heterocycles. The van der Waals surface area contributed by atoms with E-state index in [4.69, 9.17) is 17.3 Å². The zero-order chi connectivity index (χ0) is 11.6. The molecule has 0 aliphatic carbocycles. The van der Waals surface area contributed by atoms with Gasteiger partial charge in [0.05, 0.1) is 0 Å². The van der Waals surface area contributed by atoms with Crippen LogP contribution in [0.4, 0.5) is 11.6 Å². The zero-order valence-corrected chi connectivity index (χ0v) is 10.7. The Morgan fingerprint density at radius 2 is 2.44 bits per heavy atom. The molecule has 1 fully saturated rings. The summed E-state index contributed by atoms with van der Waals surface area (Å²) in [4.78, 5) is 7.91. The quantitative estimate of drug-likeness (QED) is 0.872. The molecule has 0 spiro atoms. The number of hydrogen-bond donors (Lipinski definition) is 2. The lowest BCUT2D eigenvalue weighted by Gasteiger charge is -2.23. The van der Waals surface area contributed by atoms with Crippen LogP contribution >= 0.6 is 23.4 Å². The summed E-state index contributed by atoms with van der Waals surface area (Å²) in [5.74, 6) is 2.18. The summed E-state index contributed by atoms with van der Waals surface area (Å²) in [6.45, 7) is 3.12. The van der Waals surface area contributed by atoms with Crippen LogP contribution in [0, 0.1) is 0 Å². The van der Waals surface area contributed by atoms with Crippen molar-refractivity contribution < 1.29 is 0 Å². The highest BCUT2D eigenvalue weighted by atomic mass is 35.5. The van der Waals surface area contributed by atoms with Gasteiger partial charge in [0.2, 0.25) is 0 Å². The number of aromatic nitrogens is 2. The lowest BCUT2D eigenvalue weighted by Crippen LogP contribution is -2.27. The Morgan fingerprint density at radius 1 is 1.62 bits per heavy atom. The van der Waals surface area contributed by atoms with Crippen LogP contribution < -0.4 is 11.1 Å². The highest BCUT2D eigenvalue weighted by molar-refractivity contribution is 8.00. The van der Waals surface area contributed by atoms with E-state index in [0.717, 1.165) is 6.54 Å². The Hall–Kier alpha value is -0.680. The molecule has 0 aromatic carbocycles. The van der Waals surface area contributed by atoms with Gasteiger partial charge in [0.25, 0.3) is 0 Å². The first-order chi connectivity index (χ1) is 7.61. The number of rotatable bonds is 3. The van der Waals surface area contributed by atoms with Gasteiger partial charge in [0.15, 0.2) is 0 Å². The summed E-state index contributed by atoms with van der Waals surface area (Å²) < 4.78 is 0.281. The minimum absolute atomic E-state index is 0.281. The highest BCUT2D eigenvalue weighted by Crippen LogP contribution is 2.38. The van der Waals surface area contributed by atoms with Crippen molar-refractivity contribution in [3.63, 3.8) is 0 Å². The van der Waals surface area contributed by atoms with Gasteiger partial charge in [-0.1, -0.05) is 11.6 Å². The van der Waals surface area contributed by atoms with Crippen molar-refractivity contribution in [1.82, 2.24) is 9.97 Å². The van der Waals surface area contributed by atoms with Crippen LogP contribution in [0.5, 0.6) is 0 Å². The van der Waals surface area contributed by atoms with Crippen LogP contribution in [0.15, 0.2) is 6.33 Å². The molecular formula is C10H15ClN4S. The van der Waals surface area contributed by atoms with Crippen molar-refractivity contribution in [2.24, 2.45) is 0 Å². The van der Waals surface area contributed by atoms with E-state index in [2.05, 4.69) is 22.2 Å². The summed E-state index contributed by atoms with van der Waals surface area (Å²) in [5.41, 5.74) is 5.61. The van der Waals surface area contributed by atoms with Crippen LogP contribution in [-0.2, 0) is 0 Å². The topological polar surface area (TPSA) is 63.8 Å². The van der Waals surface area contributed by atoms with E-state index in [1.807, 2.05) is 11.8 Å². The molecule has 88 valence electrons. The molecule has 1 saturated heterocycles. The average molecular weight is 259 g/mol. The van der Waals surface area contributed by atoms with E-state index in [9.17, 15) is 0 Å². The Balaban J connectivity index is 2.02. The molecule has 4 nitrogen and oxygen atoms in total. The maximum atomic E-state index is 6.00. The van der Waals surface area contributed by atoms with Gasteiger partial charge in [0, 0.05) is 11.3 Å². The molecule has 0 radical (unpaired) electrons. The number of anilines is 2. The maximum Gasteiger partial charge on any atom is 0.150 e. The molecular weight excluding hydrogens is 244 g/mol. The van der Waals surface area contributed by atoms with Gasteiger partial charge in [-0.15, -0.1) is 0 Å². The van der Waals surface area contributed by atoms with Crippen LogP contribution in [0.2, 0.25) is 5.02 Å². The predicted octanol–water partition coefficient (Wildman–Crippen LogP) is 2.41. The van der Waals surface area contributed by atoms with Crippen molar-refractivity contribution >= 4 is 35.0 Å². The maximum absolute atomic E-state index is 6.00. The Kier molecular flexibility index (Phi) is 3.44. The molecule has 1 unspecified atom stereocenters. The number of nitrogens with one attached hydrogen (secondary N) is 1. The first-order valence-electron chi connectivity index (χ1n) is 5.24. The number of thioether (sulfide) groups is 1. The molecule has 3 N–H and O–H groups in total. The van der Waals surface area contributed by atoms with Gasteiger partial charge in [0.1, 0.15) is 23.0 Å². The third-order valence-electron chi connectivity index (χ3n) is 2.75. The molecule has 1 aliphatic heterocycles. The number of nitrogens with zero attached hydrogens (tertiary/aromatic N) is 2. The number of hydrogen-bond acceptors (Lipinski definition) is 5. The molecule has 1 atom stereocenters. The molecule has 2 rings (SSSR count). The fourth-order valence-corrected chi connectivity index (χ4v) is 3.16. The number of nitrogen functional groups attached to an aromatic ring is 1. The van der Waals surface area contributed by atoms with Crippen LogP contribution in [0.1, 0.15) is 19.8 Å². The van der Waals surface area contributed by atoms with Crippen molar-refractivity contribution in [2.75, 3.05) is 23.3 Å². The first kappa shape index (κ1) is 11.8. The van der Waals surface area contributed by atoms with Gasteiger partial charge in [-0.25, -0.2) is 9.97 Å². The first-order valence-corrected chi connectivity index (χ1v) is 6.61. The van der Waals surface area contributed by atoms with E-state index in [1.165, 1.54) is 24.9 Å². The third kappa shape index (κ3) is 2.52. The largest absolute Gasteiger partial charge is 0.382 e. The smallest absolute Gasteiger partial charge is 0.150 e. The summed E-state index contributed by atoms with van der Waals surface area (Å²) in [6, 6.07) is 0. The van der Waals surface area contributed by atoms with Crippen LogP contribution in [0.25, 0.3) is 0 Å². The summed E-state index contributed by atoms with van der Waals surface area (Å²) in [6.07, 6.45) is 3.93. The molecule has 16 heavy (non-hydrogen) atoms. The predicted molar refractivity (Wildman–Crippen MR) is 70.0 cm³/mol. The van der Waals surface area contributed by atoms with Gasteiger partial charge in [-0.05, 0) is 25.5 Å². The highest BCUT2D eigenvalue weighted by Gasteiger charge is 2.29. The van der Waals surface area contributed by atoms with Gasteiger partial charge in [-0.2, -0.15) is 11.8 Å². The van der Waals surface area contributed by atoms with Gasteiger partial charge < -0.3 is 11.1 Å². The second kappa shape index (κ2) is 4.67. The molecule has 0 amide bonds. The fraction of sp³-hybridized carbons (Fsp3) is 0.600. The van der Waals surface area contributed by atoms with Gasteiger partial charge in [-0.3, -0.25) is 0 Å². The van der Waals surface area contributed by atoms with E-state index in [-0.39, 0.29) is 4.75 Å². The van der Waals surface area contributed by atoms with E-state index in [1.54, 1.807) is 0 Å².